The predicted molar refractivity (Wildman–Crippen MR) is 77.9 cm³/mol. The lowest BCUT2D eigenvalue weighted by molar-refractivity contribution is 0.199. The van der Waals surface area contributed by atoms with Gasteiger partial charge in [0.15, 0.2) is 0 Å². The van der Waals surface area contributed by atoms with Gasteiger partial charge in [-0.25, -0.2) is 0 Å². The highest BCUT2D eigenvalue weighted by Gasteiger charge is 2.16. The molecule has 100 valence electrons. The highest BCUT2D eigenvalue weighted by atomic mass is 15.2. The zero-order valence-corrected chi connectivity index (χ0v) is 12.2. The van der Waals surface area contributed by atoms with Crippen LogP contribution in [0, 0.1) is 0 Å². The molecule has 0 radical (unpaired) electrons. The smallest absolute Gasteiger partial charge is 0.0234 e. The average Bonchev–Trinajstić information content (AvgIpc) is 2.28. The van der Waals surface area contributed by atoms with Gasteiger partial charge in [-0.15, -0.1) is 0 Å². The average molecular weight is 246 g/mol. The van der Waals surface area contributed by atoms with Gasteiger partial charge in [-0.1, -0.05) is 45.0 Å². The molecule has 0 aromatic heterocycles. The van der Waals surface area contributed by atoms with Gasteiger partial charge in [-0.2, -0.15) is 0 Å². The number of piperazine rings is 1. The Hall–Kier alpha value is -0.860. The largest absolute Gasteiger partial charge is 0.312 e. The maximum Gasteiger partial charge on any atom is 0.0234 e. The molecule has 1 atom stereocenters. The Morgan fingerprint density at radius 1 is 1.22 bits per heavy atom. The van der Waals surface area contributed by atoms with Gasteiger partial charge in [0.1, 0.15) is 0 Å². The van der Waals surface area contributed by atoms with Crippen molar-refractivity contribution in [3.8, 4) is 0 Å². The summed E-state index contributed by atoms with van der Waals surface area (Å²) in [7, 11) is 0. The third kappa shape index (κ3) is 3.56. The molecule has 1 aromatic carbocycles. The van der Waals surface area contributed by atoms with Crippen LogP contribution >= 0.6 is 0 Å². The minimum atomic E-state index is 0.252. The standard InChI is InChI=1S/C16H26N2/c1-13-11-18(10-9-17-13)12-14-5-7-15(8-6-14)16(2,3)4/h5-8,13,17H,9-12H2,1-4H3/t13-/m0/s1. The molecule has 0 unspecified atom stereocenters. The molecule has 0 aliphatic carbocycles. The fraction of sp³-hybridized carbons (Fsp3) is 0.625. The second kappa shape index (κ2) is 5.41. The molecule has 1 heterocycles. The van der Waals surface area contributed by atoms with E-state index in [-0.39, 0.29) is 5.41 Å². The summed E-state index contributed by atoms with van der Waals surface area (Å²) in [6, 6.07) is 9.75. The summed E-state index contributed by atoms with van der Waals surface area (Å²) in [5.41, 5.74) is 3.10. The van der Waals surface area contributed by atoms with E-state index in [4.69, 9.17) is 0 Å². The van der Waals surface area contributed by atoms with Gasteiger partial charge in [0.25, 0.3) is 0 Å². The molecule has 1 aliphatic heterocycles. The molecular weight excluding hydrogens is 220 g/mol. The van der Waals surface area contributed by atoms with Crippen LogP contribution in [0.2, 0.25) is 0 Å². The SMILES string of the molecule is C[C@H]1CN(Cc2ccc(C(C)(C)C)cc2)CCN1. The summed E-state index contributed by atoms with van der Waals surface area (Å²) < 4.78 is 0. The number of benzene rings is 1. The Bertz CT molecular complexity index is 375. The van der Waals surface area contributed by atoms with Gasteiger partial charge in [-0.3, -0.25) is 4.90 Å². The molecule has 1 aliphatic rings. The topological polar surface area (TPSA) is 15.3 Å². The number of hydrogen-bond acceptors (Lipinski definition) is 2. The molecule has 0 amide bonds. The highest BCUT2D eigenvalue weighted by molar-refractivity contribution is 5.27. The van der Waals surface area contributed by atoms with Crippen molar-refractivity contribution in [3.63, 3.8) is 0 Å². The van der Waals surface area contributed by atoms with Crippen LogP contribution in [0.3, 0.4) is 0 Å². The van der Waals surface area contributed by atoms with Gasteiger partial charge in [0, 0.05) is 32.2 Å². The molecule has 1 aromatic rings. The van der Waals surface area contributed by atoms with Crippen molar-refractivity contribution >= 4 is 0 Å². The lowest BCUT2D eigenvalue weighted by atomic mass is 9.87. The highest BCUT2D eigenvalue weighted by Crippen LogP contribution is 2.22. The van der Waals surface area contributed by atoms with E-state index >= 15 is 0 Å². The zero-order valence-electron chi connectivity index (χ0n) is 12.2. The Morgan fingerprint density at radius 2 is 1.89 bits per heavy atom. The number of rotatable bonds is 2. The Kier molecular flexibility index (Phi) is 4.08. The lowest BCUT2D eigenvalue weighted by Gasteiger charge is -2.32. The van der Waals surface area contributed by atoms with Crippen molar-refractivity contribution in [1.82, 2.24) is 10.2 Å². The van der Waals surface area contributed by atoms with Gasteiger partial charge in [0.05, 0.1) is 0 Å². The fourth-order valence-corrected chi connectivity index (χ4v) is 2.52. The molecule has 0 spiro atoms. The minimum Gasteiger partial charge on any atom is -0.312 e. The van der Waals surface area contributed by atoms with Crippen molar-refractivity contribution < 1.29 is 0 Å². The summed E-state index contributed by atoms with van der Waals surface area (Å²) in [4.78, 5) is 2.53. The first kappa shape index (κ1) is 13.6. The van der Waals surface area contributed by atoms with E-state index in [9.17, 15) is 0 Å². The second-order valence-corrected chi connectivity index (χ2v) is 6.54. The van der Waals surface area contributed by atoms with E-state index in [0.29, 0.717) is 6.04 Å². The quantitative estimate of drug-likeness (QED) is 0.863. The third-order valence-electron chi connectivity index (χ3n) is 3.68. The van der Waals surface area contributed by atoms with Crippen molar-refractivity contribution in [1.29, 1.82) is 0 Å². The van der Waals surface area contributed by atoms with Crippen LogP contribution in [0.25, 0.3) is 0 Å². The zero-order chi connectivity index (χ0) is 13.2. The van der Waals surface area contributed by atoms with E-state index in [1.165, 1.54) is 11.1 Å². The Balaban J connectivity index is 1.98. The van der Waals surface area contributed by atoms with Gasteiger partial charge >= 0.3 is 0 Å². The maximum atomic E-state index is 3.49. The van der Waals surface area contributed by atoms with Crippen molar-refractivity contribution in [3.05, 3.63) is 35.4 Å². The molecule has 0 bridgehead atoms. The van der Waals surface area contributed by atoms with E-state index in [0.717, 1.165) is 26.2 Å². The normalized spacial score (nSPS) is 22.1. The van der Waals surface area contributed by atoms with Crippen LogP contribution in [0.15, 0.2) is 24.3 Å². The summed E-state index contributed by atoms with van der Waals surface area (Å²) in [5, 5.41) is 3.49. The Labute approximate surface area is 111 Å². The number of hydrogen-bond donors (Lipinski definition) is 1. The fourth-order valence-electron chi connectivity index (χ4n) is 2.52. The molecule has 1 saturated heterocycles. The lowest BCUT2D eigenvalue weighted by Crippen LogP contribution is -2.48. The van der Waals surface area contributed by atoms with Crippen molar-refractivity contribution in [2.24, 2.45) is 0 Å². The van der Waals surface area contributed by atoms with Crippen LogP contribution in [-0.2, 0) is 12.0 Å². The van der Waals surface area contributed by atoms with Crippen molar-refractivity contribution in [2.75, 3.05) is 19.6 Å². The number of nitrogens with one attached hydrogen (secondary N) is 1. The monoisotopic (exact) mass is 246 g/mol. The Morgan fingerprint density at radius 3 is 2.44 bits per heavy atom. The third-order valence-corrected chi connectivity index (χ3v) is 3.68. The van der Waals surface area contributed by atoms with E-state index in [2.05, 4.69) is 62.2 Å². The van der Waals surface area contributed by atoms with Crippen LogP contribution in [0.5, 0.6) is 0 Å². The van der Waals surface area contributed by atoms with Gasteiger partial charge in [-0.05, 0) is 23.5 Å². The van der Waals surface area contributed by atoms with Crippen LogP contribution < -0.4 is 5.32 Å². The van der Waals surface area contributed by atoms with E-state index in [1.54, 1.807) is 0 Å². The second-order valence-electron chi connectivity index (χ2n) is 6.54. The van der Waals surface area contributed by atoms with E-state index < -0.39 is 0 Å². The van der Waals surface area contributed by atoms with Gasteiger partial charge in [0.2, 0.25) is 0 Å². The molecule has 18 heavy (non-hydrogen) atoms. The molecule has 2 rings (SSSR count). The van der Waals surface area contributed by atoms with Crippen molar-refractivity contribution in [2.45, 2.75) is 45.7 Å². The first-order valence-corrected chi connectivity index (χ1v) is 7.00. The van der Waals surface area contributed by atoms with Crippen LogP contribution in [0.1, 0.15) is 38.8 Å². The summed E-state index contributed by atoms with van der Waals surface area (Å²) in [6.07, 6.45) is 0. The van der Waals surface area contributed by atoms with Crippen LogP contribution in [-0.4, -0.2) is 30.6 Å². The minimum absolute atomic E-state index is 0.252. The first-order chi connectivity index (χ1) is 8.45. The summed E-state index contributed by atoms with van der Waals surface area (Å²) in [5.74, 6) is 0. The predicted octanol–water partition coefficient (Wildman–Crippen LogP) is 2.78. The molecule has 0 saturated carbocycles. The summed E-state index contributed by atoms with van der Waals surface area (Å²) >= 11 is 0. The summed E-state index contributed by atoms with van der Waals surface area (Å²) in [6.45, 7) is 13.6. The number of nitrogens with zero attached hydrogens (tertiary/aromatic N) is 1. The molecule has 1 fully saturated rings. The maximum absolute atomic E-state index is 3.49. The first-order valence-electron chi connectivity index (χ1n) is 7.00. The van der Waals surface area contributed by atoms with E-state index in [1.807, 2.05) is 0 Å². The molecule has 2 nitrogen and oxygen atoms in total. The molecule has 2 heteroatoms. The molecule has 1 N–H and O–H groups in total. The molecular formula is C16H26N2. The van der Waals surface area contributed by atoms with Gasteiger partial charge < -0.3 is 5.32 Å². The van der Waals surface area contributed by atoms with Crippen LogP contribution in [0.4, 0.5) is 0 Å².